The molecule has 4 nitrogen and oxygen atoms in total. The standard InChI is InChI=1S/C17H19ClN2O2S/c1-12-3-8-15(17(22)20-12)16(21)19-9-2-10-23-11-13-4-6-14(18)7-5-13/h3-8H,2,9-11H2,1H3,(H,19,21)(H,20,22). The second-order valence-electron chi connectivity index (χ2n) is 5.17. The van der Waals surface area contributed by atoms with Gasteiger partial charge in [-0.05, 0) is 48.9 Å². The summed E-state index contributed by atoms with van der Waals surface area (Å²) in [5.74, 6) is 1.53. The van der Waals surface area contributed by atoms with Crippen molar-refractivity contribution < 1.29 is 4.79 Å². The molecule has 0 aliphatic carbocycles. The summed E-state index contributed by atoms with van der Waals surface area (Å²) in [5, 5.41) is 3.52. The van der Waals surface area contributed by atoms with E-state index in [4.69, 9.17) is 11.6 Å². The minimum atomic E-state index is -0.348. The summed E-state index contributed by atoms with van der Waals surface area (Å²) < 4.78 is 0. The van der Waals surface area contributed by atoms with Crippen molar-refractivity contribution in [3.63, 3.8) is 0 Å². The minimum absolute atomic E-state index is 0.157. The monoisotopic (exact) mass is 350 g/mol. The van der Waals surface area contributed by atoms with Crippen molar-refractivity contribution in [2.45, 2.75) is 19.1 Å². The van der Waals surface area contributed by atoms with Crippen LogP contribution in [0.3, 0.4) is 0 Å². The third-order valence-electron chi connectivity index (χ3n) is 3.23. The SMILES string of the molecule is Cc1ccc(C(=O)NCCCSCc2ccc(Cl)cc2)c(=O)[nH]1. The first-order chi connectivity index (χ1) is 11.1. The topological polar surface area (TPSA) is 62.0 Å². The first kappa shape index (κ1) is 17.6. The summed E-state index contributed by atoms with van der Waals surface area (Å²) in [6, 6.07) is 11.1. The summed E-state index contributed by atoms with van der Waals surface area (Å²) in [6.07, 6.45) is 0.855. The van der Waals surface area contributed by atoms with E-state index in [0.29, 0.717) is 6.54 Å². The number of aryl methyl sites for hydroxylation is 1. The summed E-state index contributed by atoms with van der Waals surface area (Å²) in [7, 11) is 0. The normalized spacial score (nSPS) is 10.5. The van der Waals surface area contributed by atoms with Crippen molar-refractivity contribution in [3.8, 4) is 0 Å². The smallest absolute Gasteiger partial charge is 0.260 e. The first-order valence-corrected chi connectivity index (χ1v) is 8.90. The second-order valence-corrected chi connectivity index (χ2v) is 6.71. The summed E-state index contributed by atoms with van der Waals surface area (Å²) in [6.45, 7) is 2.33. The number of aromatic nitrogens is 1. The molecule has 122 valence electrons. The number of hydrogen-bond donors (Lipinski definition) is 2. The van der Waals surface area contributed by atoms with Gasteiger partial charge in [-0.2, -0.15) is 11.8 Å². The zero-order valence-electron chi connectivity index (χ0n) is 12.9. The third kappa shape index (κ3) is 5.77. The van der Waals surface area contributed by atoms with E-state index in [1.807, 2.05) is 24.3 Å². The molecular weight excluding hydrogens is 332 g/mol. The van der Waals surface area contributed by atoms with E-state index in [1.54, 1.807) is 30.8 Å². The molecule has 0 saturated carbocycles. The van der Waals surface area contributed by atoms with Crippen LogP contribution in [0.25, 0.3) is 0 Å². The van der Waals surface area contributed by atoms with Crippen molar-refractivity contribution in [3.05, 3.63) is 68.6 Å². The van der Waals surface area contributed by atoms with Gasteiger partial charge in [0.2, 0.25) is 0 Å². The minimum Gasteiger partial charge on any atom is -0.352 e. The lowest BCUT2D eigenvalue weighted by Crippen LogP contribution is -2.30. The van der Waals surface area contributed by atoms with Gasteiger partial charge in [0.25, 0.3) is 11.5 Å². The van der Waals surface area contributed by atoms with Gasteiger partial charge in [0.05, 0.1) is 0 Å². The van der Waals surface area contributed by atoms with Gasteiger partial charge >= 0.3 is 0 Å². The van der Waals surface area contributed by atoms with Crippen LogP contribution in [0.15, 0.2) is 41.2 Å². The Kier molecular flexibility index (Phi) is 6.74. The highest BCUT2D eigenvalue weighted by Gasteiger charge is 2.09. The number of rotatable bonds is 7. The summed E-state index contributed by atoms with van der Waals surface area (Å²) in [4.78, 5) is 26.2. The fraction of sp³-hybridized carbons (Fsp3) is 0.294. The molecular formula is C17H19ClN2O2S. The molecule has 1 aromatic heterocycles. The molecule has 0 aliphatic rings. The fourth-order valence-corrected chi connectivity index (χ4v) is 3.04. The number of aromatic amines is 1. The summed E-state index contributed by atoms with van der Waals surface area (Å²) >= 11 is 7.65. The lowest BCUT2D eigenvalue weighted by Gasteiger charge is -2.05. The first-order valence-electron chi connectivity index (χ1n) is 7.36. The number of pyridine rings is 1. The van der Waals surface area contributed by atoms with Crippen molar-refractivity contribution in [1.82, 2.24) is 10.3 Å². The van der Waals surface area contributed by atoms with E-state index < -0.39 is 0 Å². The van der Waals surface area contributed by atoms with E-state index in [2.05, 4.69) is 10.3 Å². The Bertz CT molecular complexity index is 713. The number of nitrogens with one attached hydrogen (secondary N) is 2. The van der Waals surface area contributed by atoms with Gasteiger partial charge in [0.15, 0.2) is 0 Å². The van der Waals surface area contributed by atoms with Crippen LogP contribution >= 0.6 is 23.4 Å². The Hall–Kier alpha value is -1.72. The largest absolute Gasteiger partial charge is 0.352 e. The van der Waals surface area contributed by atoms with E-state index in [1.165, 1.54) is 5.56 Å². The Balaban J connectivity index is 1.66. The van der Waals surface area contributed by atoms with Crippen LogP contribution in [0.2, 0.25) is 5.02 Å². The predicted molar refractivity (Wildman–Crippen MR) is 96.4 cm³/mol. The highest BCUT2D eigenvalue weighted by Crippen LogP contribution is 2.15. The van der Waals surface area contributed by atoms with E-state index in [0.717, 1.165) is 28.6 Å². The van der Waals surface area contributed by atoms with Crippen LogP contribution in [0.5, 0.6) is 0 Å². The number of benzene rings is 1. The average Bonchev–Trinajstić information content (AvgIpc) is 2.52. The molecule has 0 unspecified atom stereocenters. The molecule has 0 bridgehead atoms. The van der Waals surface area contributed by atoms with Crippen molar-refractivity contribution in [2.75, 3.05) is 12.3 Å². The number of amides is 1. The molecule has 0 saturated heterocycles. The molecule has 2 rings (SSSR count). The van der Waals surface area contributed by atoms with Gasteiger partial charge in [-0.1, -0.05) is 23.7 Å². The van der Waals surface area contributed by atoms with Gasteiger partial charge in [-0.15, -0.1) is 0 Å². The zero-order valence-corrected chi connectivity index (χ0v) is 14.5. The van der Waals surface area contributed by atoms with Crippen molar-refractivity contribution >= 4 is 29.3 Å². The quantitative estimate of drug-likeness (QED) is 0.752. The van der Waals surface area contributed by atoms with E-state index in [-0.39, 0.29) is 17.0 Å². The molecule has 6 heteroatoms. The Morgan fingerprint density at radius 3 is 2.65 bits per heavy atom. The molecule has 0 aliphatic heterocycles. The molecule has 2 N–H and O–H groups in total. The van der Waals surface area contributed by atoms with Crippen LogP contribution in [0.4, 0.5) is 0 Å². The molecule has 0 radical (unpaired) electrons. The van der Waals surface area contributed by atoms with Crippen LogP contribution < -0.4 is 10.9 Å². The molecule has 1 aromatic carbocycles. The molecule has 0 atom stereocenters. The number of H-pyrrole nitrogens is 1. The second kappa shape index (κ2) is 8.79. The van der Waals surface area contributed by atoms with Crippen LogP contribution in [-0.2, 0) is 5.75 Å². The lowest BCUT2D eigenvalue weighted by atomic mass is 10.2. The predicted octanol–water partition coefficient (Wildman–Crippen LogP) is 3.39. The van der Waals surface area contributed by atoms with Gasteiger partial charge in [-0.25, -0.2) is 0 Å². The molecule has 1 amide bonds. The number of carbonyl (C=O) groups is 1. The van der Waals surface area contributed by atoms with Gasteiger partial charge in [0.1, 0.15) is 5.56 Å². The molecule has 23 heavy (non-hydrogen) atoms. The van der Waals surface area contributed by atoms with Crippen LogP contribution in [-0.4, -0.2) is 23.2 Å². The van der Waals surface area contributed by atoms with Crippen molar-refractivity contribution in [2.24, 2.45) is 0 Å². The lowest BCUT2D eigenvalue weighted by molar-refractivity contribution is 0.0952. The third-order valence-corrected chi connectivity index (χ3v) is 4.60. The van der Waals surface area contributed by atoms with Gasteiger partial charge < -0.3 is 10.3 Å². The highest BCUT2D eigenvalue weighted by atomic mass is 35.5. The van der Waals surface area contributed by atoms with Crippen LogP contribution in [0, 0.1) is 6.92 Å². The fourth-order valence-electron chi connectivity index (χ4n) is 1.99. The number of hydrogen-bond acceptors (Lipinski definition) is 3. The number of halogens is 1. The maximum Gasteiger partial charge on any atom is 0.260 e. The molecule has 2 aromatic rings. The Morgan fingerprint density at radius 2 is 1.96 bits per heavy atom. The summed E-state index contributed by atoms with van der Waals surface area (Å²) in [5.41, 5.74) is 1.78. The zero-order chi connectivity index (χ0) is 16.7. The molecule has 1 heterocycles. The maximum atomic E-state index is 11.9. The molecule has 0 spiro atoms. The van der Waals surface area contributed by atoms with E-state index >= 15 is 0 Å². The van der Waals surface area contributed by atoms with Crippen LogP contribution in [0.1, 0.15) is 28.0 Å². The van der Waals surface area contributed by atoms with Crippen molar-refractivity contribution in [1.29, 1.82) is 0 Å². The maximum absolute atomic E-state index is 11.9. The van der Waals surface area contributed by atoms with Gasteiger partial charge in [-0.3, -0.25) is 9.59 Å². The average molecular weight is 351 g/mol. The number of thioether (sulfide) groups is 1. The van der Waals surface area contributed by atoms with E-state index in [9.17, 15) is 9.59 Å². The molecule has 0 fully saturated rings. The highest BCUT2D eigenvalue weighted by molar-refractivity contribution is 7.98. The number of carbonyl (C=O) groups excluding carboxylic acids is 1. The Morgan fingerprint density at radius 1 is 1.22 bits per heavy atom. The van der Waals surface area contributed by atoms with Gasteiger partial charge in [0, 0.05) is 23.0 Å². The Labute approximate surface area is 144 Å².